The molecule has 2 aromatic carbocycles. The molecular formula is C24H28N6O3S. The Balaban J connectivity index is 1.37. The van der Waals surface area contributed by atoms with Crippen molar-refractivity contribution in [1.82, 2.24) is 24.9 Å². The third-order valence-corrected chi connectivity index (χ3v) is 6.90. The van der Waals surface area contributed by atoms with Crippen molar-refractivity contribution in [3.8, 4) is 5.75 Å². The molecule has 9 nitrogen and oxygen atoms in total. The predicted octanol–water partition coefficient (Wildman–Crippen LogP) is 3.20. The monoisotopic (exact) mass is 480 g/mol. The van der Waals surface area contributed by atoms with Crippen LogP contribution in [0.25, 0.3) is 21.3 Å². The number of aromatic nitrogens is 4. The summed E-state index contributed by atoms with van der Waals surface area (Å²) >= 11 is 1.51. The summed E-state index contributed by atoms with van der Waals surface area (Å²) in [6.07, 6.45) is 0.851. The number of carbonyl (C=O) groups is 1. The van der Waals surface area contributed by atoms with Crippen molar-refractivity contribution in [3.05, 3.63) is 42.5 Å². The van der Waals surface area contributed by atoms with E-state index in [1.165, 1.54) is 11.3 Å². The van der Waals surface area contributed by atoms with Crippen LogP contribution in [0.5, 0.6) is 5.75 Å². The van der Waals surface area contributed by atoms with Crippen LogP contribution in [0.1, 0.15) is 13.3 Å². The molecule has 4 aromatic rings. The van der Waals surface area contributed by atoms with Gasteiger partial charge >= 0.3 is 0 Å². The van der Waals surface area contributed by atoms with Crippen LogP contribution < -0.4 is 9.64 Å². The topological polar surface area (TPSA) is 85.6 Å². The molecule has 0 unspecified atom stereocenters. The number of para-hydroxylation sites is 1. The van der Waals surface area contributed by atoms with E-state index >= 15 is 0 Å². The van der Waals surface area contributed by atoms with Gasteiger partial charge in [0, 0.05) is 26.2 Å². The molecule has 1 fully saturated rings. The summed E-state index contributed by atoms with van der Waals surface area (Å²) in [4.78, 5) is 22.5. The predicted molar refractivity (Wildman–Crippen MR) is 133 cm³/mol. The van der Waals surface area contributed by atoms with Gasteiger partial charge in [0.1, 0.15) is 17.8 Å². The Morgan fingerprint density at radius 1 is 1.18 bits per heavy atom. The summed E-state index contributed by atoms with van der Waals surface area (Å²) in [6, 6.07) is 13.5. The first kappa shape index (κ1) is 22.7. The fourth-order valence-corrected chi connectivity index (χ4v) is 5.15. The van der Waals surface area contributed by atoms with Crippen molar-refractivity contribution >= 4 is 43.6 Å². The minimum atomic E-state index is -0.0540. The summed E-state index contributed by atoms with van der Waals surface area (Å²) in [5, 5.41) is 9.08. The number of thiazole rings is 1. The molecule has 1 saturated heterocycles. The highest BCUT2D eigenvalue weighted by Gasteiger charge is 2.22. The fourth-order valence-electron chi connectivity index (χ4n) is 4.12. The lowest BCUT2D eigenvalue weighted by molar-refractivity contribution is -0.119. The molecule has 0 N–H and O–H groups in total. The van der Waals surface area contributed by atoms with Crippen LogP contribution in [-0.2, 0) is 16.1 Å². The van der Waals surface area contributed by atoms with E-state index in [0.29, 0.717) is 18.3 Å². The number of ether oxygens (including phenoxy) is 2. The Morgan fingerprint density at radius 2 is 2.03 bits per heavy atom. The Bertz CT molecular complexity index is 1270. The summed E-state index contributed by atoms with van der Waals surface area (Å²) in [5.41, 5.74) is 2.48. The number of amides is 1. The summed E-state index contributed by atoms with van der Waals surface area (Å²) < 4.78 is 13.7. The average Bonchev–Trinajstić information content (AvgIpc) is 3.46. The number of anilines is 1. The molecule has 0 radical (unpaired) electrons. The van der Waals surface area contributed by atoms with E-state index in [1.807, 2.05) is 49.4 Å². The first-order chi connectivity index (χ1) is 16.7. The SMILES string of the molecule is CCOc1ccc2nc(N(CCCN3CCOCC3)C(=O)Cn3nnc4ccccc43)sc2c1. The smallest absolute Gasteiger partial charge is 0.250 e. The van der Waals surface area contributed by atoms with Gasteiger partial charge in [-0.2, -0.15) is 0 Å². The van der Waals surface area contributed by atoms with Crippen molar-refractivity contribution in [1.29, 1.82) is 0 Å². The Kier molecular flexibility index (Phi) is 6.98. The minimum absolute atomic E-state index is 0.0540. The molecule has 5 rings (SSSR count). The standard InChI is InChI=1S/C24H28N6O3S/c1-2-33-18-8-9-20-22(16-18)34-24(25-20)29(11-5-10-28-12-14-32-15-13-28)23(31)17-30-21-7-4-3-6-19(21)26-27-30/h3-4,6-9,16H,2,5,10-15,17H2,1H3. The Morgan fingerprint density at radius 3 is 2.88 bits per heavy atom. The molecule has 1 aliphatic heterocycles. The number of rotatable bonds is 9. The lowest BCUT2D eigenvalue weighted by Gasteiger charge is -2.27. The summed E-state index contributed by atoms with van der Waals surface area (Å²) in [6.45, 7) is 7.57. The number of morpholine rings is 1. The highest BCUT2D eigenvalue weighted by molar-refractivity contribution is 7.22. The zero-order valence-corrected chi connectivity index (χ0v) is 20.0. The van der Waals surface area contributed by atoms with E-state index in [9.17, 15) is 4.79 Å². The van der Waals surface area contributed by atoms with Gasteiger partial charge in [0.25, 0.3) is 5.91 Å². The third kappa shape index (κ3) is 5.03. The largest absolute Gasteiger partial charge is 0.494 e. The van der Waals surface area contributed by atoms with Crippen molar-refractivity contribution in [3.63, 3.8) is 0 Å². The maximum atomic E-state index is 13.5. The van der Waals surface area contributed by atoms with Crippen LogP contribution in [0, 0.1) is 0 Å². The number of benzene rings is 2. The zero-order valence-electron chi connectivity index (χ0n) is 19.2. The molecule has 3 heterocycles. The number of hydrogen-bond acceptors (Lipinski definition) is 8. The van der Waals surface area contributed by atoms with Gasteiger partial charge in [0.2, 0.25) is 0 Å². The Labute approximate surface area is 201 Å². The molecule has 0 atom stereocenters. The van der Waals surface area contributed by atoms with Crippen LogP contribution in [-0.4, -0.2) is 76.8 Å². The molecular weight excluding hydrogens is 452 g/mol. The second-order valence-electron chi connectivity index (χ2n) is 8.15. The summed E-state index contributed by atoms with van der Waals surface area (Å²) in [5.74, 6) is 0.756. The van der Waals surface area contributed by atoms with Crippen LogP contribution >= 0.6 is 11.3 Å². The maximum absolute atomic E-state index is 13.5. The first-order valence-electron chi connectivity index (χ1n) is 11.6. The fraction of sp³-hybridized carbons (Fsp3) is 0.417. The van der Waals surface area contributed by atoms with Gasteiger partial charge in [-0.1, -0.05) is 28.7 Å². The normalized spacial score (nSPS) is 14.6. The number of hydrogen-bond donors (Lipinski definition) is 0. The molecule has 178 valence electrons. The van der Waals surface area contributed by atoms with E-state index in [0.717, 1.165) is 66.3 Å². The lowest BCUT2D eigenvalue weighted by Crippen LogP contribution is -2.40. The van der Waals surface area contributed by atoms with Gasteiger partial charge in [0.05, 0.1) is 35.6 Å². The van der Waals surface area contributed by atoms with Gasteiger partial charge < -0.3 is 9.47 Å². The second kappa shape index (κ2) is 10.5. The second-order valence-corrected chi connectivity index (χ2v) is 9.16. The number of carbonyl (C=O) groups excluding carboxylic acids is 1. The van der Waals surface area contributed by atoms with Crippen LogP contribution in [0.4, 0.5) is 5.13 Å². The summed E-state index contributed by atoms with van der Waals surface area (Å²) in [7, 11) is 0. The molecule has 10 heteroatoms. The minimum Gasteiger partial charge on any atom is -0.494 e. The van der Waals surface area contributed by atoms with Gasteiger partial charge in [0.15, 0.2) is 5.13 Å². The van der Waals surface area contributed by atoms with Crippen LogP contribution in [0.2, 0.25) is 0 Å². The third-order valence-electron chi connectivity index (χ3n) is 5.86. The van der Waals surface area contributed by atoms with Crippen molar-refractivity contribution in [2.24, 2.45) is 0 Å². The molecule has 0 saturated carbocycles. The molecule has 1 aliphatic rings. The molecule has 1 amide bonds. The van der Waals surface area contributed by atoms with Crippen LogP contribution in [0.3, 0.4) is 0 Å². The highest BCUT2D eigenvalue weighted by atomic mass is 32.1. The van der Waals surface area contributed by atoms with Gasteiger partial charge in [-0.25, -0.2) is 9.67 Å². The highest BCUT2D eigenvalue weighted by Crippen LogP contribution is 2.32. The number of nitrogens with zero attached hydrogens (tertiary/aromatic N) is 6. The molecule has 0 bridgehead atoms. The van der Waals surface area contributed by atoms with E-state index in [-0.39, 0.29) is 12.5 Å². The lowest BCUT2D eigenvalue weighted by atomic mass is 10.3. The van der Waals surface area contributed by atoms with Gasteiger partial charge in [-0.15, -0.1) is 5.10 Å². The number of fused-ring (bicyclic) bond motifs is 2. The quantitative estimate of drug-likeness (QED) is 0.364. The van der Waals surface area contributed by atoms with Crippen molar-refractivity contribution in [2.75, 3.05) is 50.9 Å². The molecule has 0 spiro atoms. The van der Waals surface area contributed by atoms with E-state index in [4.69, 9.17) is 14.5 Å². The molecule has 0 aliphatic carbocycles. The zero-order chi connectivity index (χ0) is 23.3. The van der Waals surface area contributed by atoms with Gasteiger partial charge in [-0.05, 0) is 43.7 Å². The molecule has 34 heavy (non-hydrogen) atoms. The Hall–Kier alpha value is -3.08. The van der Waals surface area contributed by atoms with Gasteiger partial charge in [-0.3, -0.25) is 14.6 Å². The first-order valence-corrected chi connectivity index (χ1v) is 12.4. The maximum Gasteiger partial charge on any atom is 0.250 e. The van der Waals surface area contributed by atoms with E-state index < -0.39 is 0 Å². The van der Waals surface area contributed by atoms with E-state index in [1.54, 1.807) is 9.58 Å². The molecule has 2 aromatic heterocycles. The van der Waals surface area contributed by atoms with E-state index in [2.05, 4.69) is 15.2 Å². The van der Waals surface area contributed by atoms with Crippen molar-refractivity contribution in [2.45, 2.75) is 19.9 Å². The van der Waals surface area contributed by atoms with Crippen molar-refractivity contribution < 1.29 is 14.3 Å². The van der Waals surface area contributed by atoms with Crippen LogP contribution in [0.15, 0.2) is 42.5 Å². The average molecular weight is 481 g/mol.